The highest BCUT2D eigenvalue weighted by Crippen LogP contribution is 1.99. The molecule has 0 saturated carbocycles. The van der Waals surface area contributed by atoms with Gasteiger partial charge in [0, 0.05) is 0 Å². The Balaban J connectivity index is 2.71. The summed E-state index contributed by atoms with van der Waals surface area (Å²) in [5.74, 6) is 0.111. The Hall–Kier alpha value is -1.28. The van der Waals surface area contributed by atoms with E-state index in [9.17, 15) is 0 Å². The molecule has 6 heteroatoms. The highest BCUT2D eigenvalue weighted by molar-refractivity contribution is 6.17. The van der Waals surface area contributed by atoms with Crippen molar-refractivity contribution < 1.29 is 4.74 Å². The van der Waals surface area contributed by atoms with Gasteiger partial charge in [0.15, 0.2) is 6.07 Å². The average Bonchev–Trinajstić information content (AvgIpc) is 2.37. The number of rotatable bonds is 2. The zero-order valence-electron chi connectivity index (χ0n) is 4.83. The third kappa shape index (κ3) is 1.36. The first-order valence-corrected chi connectivity index (χ1v) is 2.91. The number of ether oxygens (including phenoxy) is 1. The average molecular weight is 159 g/mol. The van der Waals surface area contributed by atoms with Gasteiger partial charge in [-0.2, -0.15) is 10.2 Å². The van der Waals surface area contributed by atoms with Crippen molar-refractivity contribution in [1.82, 2.24) is 15.2 Å². The van der Waals surface area contributed by atoms with E-state index in [1.807, 2.05) is 0 Å². The first-order valence-electron chi connectivity index (χ1n) is 2.38. The lowest BCUT2D eigenvalue weighted by atomic mass is 10.7. The largest absolute Gasteiger partial charge is 0.446 e. The molecule has 0 aromatic carbocycles. The van der Waals surface area contributed by atoms with E-state index in [0.29, 0.717) is 0 Å². The van der Waals surface area contributed by atoms with Crippen LogP contribution in [0.15, 0.2) is 0 Å². The van der Waals surface area contributed by atoms with Crippen molar-refractivity contribution >= 4 is 11.6 Å². The van der Waals surface area contributed by atoms with Crippen molar-refractivity contribution in [3.63, 3.8) is 0 Å². The second-order valence-corrected chi connectivity index (χ2v) is 1.55. The van der Waals surface area contributed by atoms with Gasteiger partial charge in [-0.25, -0.2) is 5.10 Å². The van der Waals surface area contributed by atoms with Crippen LogP contribution in [0, 0.1) is 11.3 Å². The van der Waals surface area contributed by atoms with Crippen molar-refractivity contribution in [3.8, 4) is 12.1 Å². The van der Waals surface area contributed by atoms with E-state index in [1.54, 1.807) is 6.07 Å². The lowest BCUT2D eigenvalue weighted by Gasteiger charge is -1.88. The number of H-pyrrole nitrogens is 1. The Morgan fingerprint density at radius 3 is 3.10 bits per heavy atom. The summed E-state index contributed by atoms with van der Waals surface area (Å²) < 4.78 is 4.65. The van der Waals surface area contributed by atoms with Crippen LogP contribution < -0.4 is 4.74 Å². The zero-order chi connectivity index (χ0) is 7.40. The quantitative estimate of drug-likeness (QED) is 0.627. The lowest BCUT2D eigenvalue weighted by molar-refractivity contribution is 0.357. The van der Waals surface area contributed by atoms with Crippen LogP contribution >= 0.6 is 11.6 Å². The highest BCUT2D eigenvalue weighted by atomic mass is 35.5. The fourth-order valence-corrected chi connectivity index (χ4v) is 0.507. The van der Waals surface area contributed by atoms with Crippen molar-refractivity contribution in [2.75, 3.05) is 6.07 Å². The van der Waals surface area contributed by atoms with Crippen molar-refractivity contribution in [3.05, 3.63) is 5.82 Å². The molecular formula is C4H3ClN4O. The molecule has 1 rings (SSSR count). The molecule has 52 valence electrons. The Morgan fingerprint density at radius 1 is 1.80 bits per heavy atom. The molecule has 1 N–H and O–H groups in total. The maximum atomic E-state index is 8.25. The summed E-state index contributed by atoms with van der Waals surface area (Å²) >= 11 is 5.19. The molecular weight excluding hydrogens is 156 g/mol. The third-order valence-corrected chi connectivity index (χ3v) is 0.864. The molecule has 0 spiro atoms. The van der Waals surface area contributed by atoms with Crippen LogP contribution in [-0.2, 0) is 0 Å². The molecule has 0 radical (unpaired) electrons. The number of nitrogens with zero attached hydrogens (tertiary/aromatic N) is 3. The molecule has 0 aliphatic carbocycles. The summed E-state index contributed by atoms with van der Waals surface area (Å²) in [5.41, 5.74) is 0. The number of hydrogen-bond donors (Lipinski definition) is 1. The van der Waals surface area contributed by atoms with Crippen molar-refractivity contribution in [1.29, 1.82) is 5.26 Å². The molecule has 0 bridgehead atoms. The third-order valence-electron chi connectivity index (χ3n) is 0.754. The van der Waals surface area contributed by atoms with E-state index < -0.39 is 0 Å². The van der Waals surface area contributed by atoms with Crippen LogP contribution in [0.4, 0.5) is 0 Å². The fourth-order valence-electron chi connectivity index (χ4n) is 0.410. The van der Waals surface area contributed by atoms with Gasteiger partial charge >= 0.3 is 6.01 Å². The number of nitriles is 1. The van der Waals surface area contributed by atoms with Gasteiger partial charge in [0.1, 0.15) is 6.07 Å². The van der Waals surface area contributed by atoms with Crippen molar-refractivity contribution in [2.24, 2.45) is 0 Å². The minimum atomic E-state index is -0.0251. The molecule has 5 nitrogen and oxygen atoms in total. The van der Waals surface area contributed by atoms with Gasteiger partial charge in [0.25, 0.3) is 0 Å². The number of halogens is 1. The summed E-state index contributed by atoms with van der Waals surface area (Å²) in [4.78, 5) is 3.58. The minimum absolute atomic E-state index is 0.0251. The maximum absolute atomic E-state index is 8.25. The van der Waals surface area contributed by atoms with E-state index in [4.69, 9.17) is 16.9 Å². The number of alkyl halides is 1. The SMILES string of the molecule is N#Cc1nc(OCCl)n[nH]1. The molecule has 0 amide bonds. The standard InChI is InChI=1S/C4H3ClN4O/c5-2-10-4-7-3(1-6)8-9-4/h2H2,(H,7,8,9). The Kier molecular flexibility index (Phi) is 2.07. The van der Waals surface area contributed by atoms with Crippen LogP contribution in [0.25, 0.3) is 0 Å². The van der Waals surface area contributed by atoms with E-state index in [0.717, 1.165) is 0 Å². The Bertz CT molecular complexity index is 252. The van der Waals surface area contributed by atoms with Crippen LogP contribution in [0.5, 0.6) is 6.01 Å². The van der Waals surface area contributed by atoms with Crippen molar-refractivity contribution in [2.45, 2.75) is 0 Å². The van der Waals surface area contributed by atoms with E-state index >= 15 is 0 Å². The van der Waals surface area contributed by atoms with Gasteiger partial charge in [-0.05, 0) is 0 Å². The zero-order valence-corrected chi connectivity index (χ0v) is 5.59. The molecule has 1 heterocycles. The molecule has 1 aromatic heterocycles. The first-order chi connectivity index (χ1) is 4.86. The molecule has 0 aliphatic heterocycles. The Labute approximate surface area is 61.6 Å². The van der Waals surface area contributed by atoms with Gasteiger partial charge < -0.3 is 4.74 Å². The summed E-state index contributed by atoms with van der Waals surface area (Å²) in [6, 6.07) is 1.82. The summed E-state index contributed by atoms with van der Waals surface area (Å²) in [6.45, 7) is 0. The summed E-state index contributed by atoms with van der Waals surface area (Å²) in [6.07, 6.45) is 0. The number of aromatic amines is 1. The number of aromatic nitrogens is 3. The maximum Gasteiger partial charge on any atom is 0.337 e. The summed E-state index contributed by atoms with van der Waals surface area (Å²) in [7, 11) is 0. The summed E-state index contributed by atoms with van der Waals surface area (Å²) in [5, 5.41) is 14.1. The highest BCUT2D eigenvalue weighted by Gasteiger charge is 2.00. The smallest absolute Gasteiger partial charge is 0.337 e. The lowest BCUT2D eigenvalue weighted by Crippen LogP contribution is -1.90. The van der Waals surface area contributed by atoms with Gasteiger partial charge in [0.2, 0.25) is 5.82 Å². The van der Waals surface area contributed by atoms with Crippen LogP contribution in [0.2, 0.25) is 0 Å². The second-order valence-electron chi connectivity index (χ2n) is 1.33. The molecule has 1 aromatic rings. The predicted octanol–water partition coefficient (Wildman–Crippen LogP) is 0.251. The number of hydrogen-bond acceptors (Lipinski definition) is 4. The van der Waals surface area contributed by atoms with Gasteiger partial charge in [0.05, 0.1) is 0 Å². The van der Waals surface area contributed by atoms with E-state index in [1.165, 1.54) is 0 Å². The molecule has 0 aliphatic rings. The van der Waals surface area contributed by atoms with Gasteiger partial charge in [-0.15, -0.1) is 5.10 Å². The molecule has 0 saturated heterocycles. The van der Waals surface area contributed by atoms with Crippen LogP contribution in [0.3, 0.4) is 0 Å². The predicted molar refractivity (Wildman–Crippen MR) is 32.4 cm³/mol. The molecule has 10 heavy (non-hydrogen) atoms. The molecule has 0 fully saturated rings. The second kappa shape index (κ2) is 3.03. The minimum Gasteiger partial charge on any atom is -0.446 e. The molecule has 0 atom stereocenters. The molecule has 0 unspecified atom stereocenters. The van der Waals surface area contributed by atoms with Crippen LogP contribution in [-0.4, -0.2) is 21.2 Å². The monoisotopic (exact) mass is 158 g/mol. The fraction of sp³-hybridized carbons (Fsp3) is 0.250. The van der Waals surface area contributed by atoms with E-state index in [2.05, 4.69) is 19.9 Å². The van der Waals surface area contributed by atoms with Gasteiger partial charge in [-0.3, -0.25) is 0 Å². The van der Waals surface area contributed by atoms with E-state index in [-0.39, 0.29) is 17.9 Å². The topological polar surface area (TPSA) is 74.6 Å². The van der Waals surface area contributed by atoms with Crippen LogP contribution in [0.1, 0.15) is 5.82 Å². The number of nitrogens with one attached hydrogen (secondary N) is 1. The Morgan fingerprint density at radius 2 is 2.60 bits per heavy atom. The first kappa shape index (κ1) is 6.83. The normalized spacial score (nSPS) is 8.80. The van der Waals surface area contributed by atoms with Gasteiger partial charge in [-0.1, -0.05) is 11.6 Å².